The Morgan fingerprint density at radius 2 is 1.17 bits per heavy atom. The average Bonchev–Trinajstić information content (AvgIpc) is 2.53. The Morgan fingerprint density at radius 1 is 0.792 bits per heavy atom. The van der Waals surface area contributed by atoms with Gasteiger partial charge in [-0.3, -0.25) is 9.59 Å². The number of carbonyl (C=O) groups is 2. The number of aliphatic hydroxyl groups excluding tert-OH is 1. The quantitative estimate of drug-likeness (QED) is 0.323. The Kier molecular flexibility index (Phi) is 13.1. The van der Waals surface area contributed by atoms with Gasteiger partial charge in [-0.05, 0) is 19.8 Å². The summed E-state index contributed by atoms with van der Waals surface area (Å²) in [5.41, 5.74) is -2.00. The second kappa shape index (κ2) is 13.5. The Balaban J connectivity index is 4.50. The van der Waals surface area contributed by atoms with Crippen LogP contribution in [0.1, 0.15) is 104 Å². The Morgan fingerprint density at radius 3 is 1.50 bits per heavy atom. The van der Waals surface area contributed by atoms with Gasteiger partial charge in [-0.25, -0.2) is 0 Å². The van der Waals surface area contributed by atoms with E-state index in [-0.39, 0.29) is 19.3 Å². The minimum Gasteiger partial charge on any atom is -0.393 e. The lowest BCUT2D eigenvalue weighted by molar-refractivity contribution is -0.154. The van der Waals surface area contributed by atoms with Gasteiger partial charge in [-0.1, -0.05) is 65.2 Å². The van der Waals surface area contributed by atoms with E-state index < -0.39 is 23.3 Å². The van der Waals surface area contributed by atoms with Gasteiger partial charge in [0.15, 0.2) is 17.2 Å². The summed E-state index contributed by atoms with van der Waals surface area (Å²) >= 11 is 0. The first-order valence-corrected chi connectivity index (χ1v) is 9.85. The molecule has 0 saturated carbocycles. The summed E-state index contributed by atoms with van der Waals surface area (Å²) in [5, 5.41) is 20.3. The van der Waals surface area contributed by atoms with Gasteiger partial charge >= 0.3 is 0 Å². The van der Waals surface area contributed by atoms with Crippen LogP contribution in [0.3, 0.4) is 0 Å². The van der Waals surface area contributed by atoms with Crippen LogP contribution in [0, 0.1) is 0 Å². The zero-order valence-corrected chi connectivity index (χ0v) is 16.0. The van der Waals surface area contributed by atoms with Crippen molar-refractivity contribution >= 4 is 11.6 Å². The zero-order valence-electron chi connectivity index (χ0n) is 16.0. The van der Waals surface area contributed by atoms with Crippen LogP contribution in [0.15, 0.2) is 0 Å². The first-order valence-electron chi connectivity index (χ1n) is 9.85. The van der Waals surface area contributed by atoms with E-state index in [1.54, 1.807) is 0 Å². The van der Waals surface area contributed by atoms with Crippen LogP contribution in [0.2, 0.25) is 0 Å². The van der Waals surface area contributed by atoms with Crippen molar-refractivity contribution < 1.29 is 19.8 Å². The molecule has 142 valence electrons. The standard InChI is InChI=1S/C20H38O4/c1-4-6-8-10-12-14-18(22)20(24,16-17(3)21)19(23)15-13-11-9-7-5-2/h17,21,24H,4-16H2,1-3H3. The molecule has 0 spiro atoms. The van der Waals surface area contributed by atoms with Crippen LogP contribution in [0.25, 0.3) is 0 Å². The number of Topliss-reactive ketones (excluding diaryl/α,β-unsaturated/α-hetero) is 2. The molecule has 0 aromatic carbocycles. The first kappa shape index (κ1) is 23.3. The average molecular weight is 343 g/mol. The highest BCUT2D eigenvalue weighted by Gasteiger charge is 2.42. The fraction of sp³-hybridized carbons (Fsp3) is 0.900. The summed E-state index contributed by atoms with van der Waals surface area (Å²) in [6.07, 6.45) is 9.35. The number of aliphatic hydroxyl groups is 2. The minimum absolute atomic E-state index is 0.186. The second-order valence-corrected chi connectivity index (χ2v) is 7.09. The fourth-order valence-corrected chi connectivity index (χ4v) is 3.00. The minimum atomic E-state index is -2.00. The van der Waals surface area contributed by atoms with Gasteiger partial charge in [0.2, 0.25) is 0 Å². The van der Waals surface area contributed by atoms with Gasteiger partial charge in [0.1, 0.15) is 0 Å². The summed E-state index contributed by atoms with van der Waals surface area (Å²) in [6, 6.07) is 0. The van der Waals surface area contributed by atoms with E-state index in [4.69, 9.17) is 0 Å². The first-order chi connectivity index (χ1) is 11.4. The summed E-state index contributed by atoms with van der Waals surface area (Å²) in [4.78, 5) is 24.9. The van der Waals surface area contributed by atoms with Crippen molar-refractivity contribution in [3.8, 4) is 0 Å². The summed E-state index contributed by atoms with van der Waals surface area (Å²) in [5.74, 6) is -0.836. The predicted octanol–water partition coefficient (Wildman–Crippen LogP) is 4.35. The second-order valence-electron chi connectivity index (χ2n) is 7.09. The molecule has 0 saturated heterocycles. The van der Waals surface area contributed by atoms with Crippen molar-refractivity contribution in [3.05, 3.63) is 0 Å². The van der Waals surface area contributed by atoms with Gasteiger partial charge < -0.3 is 10.2 Å². The predicted molar refractivity (Wildman–Crippen MR) is 98.0 cm³/mol. The molecule has 0 aromatic rings. The molecule has 0 aliphatic carbocycles. The molecule has 0 aliphatic heterocycles. The van der Waals surface area contributed by atoms with Gasteiger partial charge in [-0.2, -0.15) is 0 Å². The van der Waals surface area contributed by atoms with E-state index in [1.165, 1.54) is 6.92 Å². The Bertz CT molecular complexity index is 324. The molecule has 0 rings (SSSR count). The summed E-state index contributed by atoms with van der Waals surface area (Å²) in [7, 11) is 0. The van der Waals surface area contributed by atoms with Gasteiger partial charge in [-0.15, -0.1) is 0 Å². The Hall–Kier alpha value is -0.740. The summed E-state index contributed by atoms with van der Waals surface area (Å²) < 4.78 is 0. The van der Waals surface area contributed by atoms with Crippen molar-refractivity contribution in [1.29, 1.82) is 0 Å². The maximum absolute atomic E-state index is 12.4. The molecule has 0 aromatic heterocycles. The maximum Gasteiger partial charge on any atom is 0.183 e. The van der Waals surface area contributed by atoms with E-state index in [2.05, 4.69) is 13.8 Å². The van der Waals surface area contributed by atoms with Gasteiger partial charge in [0.25, 0.3) is 0 Å². The molecule has 24 heavy (non-hydrogen) atoms. The molecule has 4 nitrogen and oxygen atoms in total. The number of carbonyl (C=O) groups excluding carboxylic acids is 2. The maximum atomic E-state index is 12.4. The monoisotopic (exact) mass is 342 g/mol. The molecule has 1 atom stereocenters. The molecule has 0 bridgehead atoms. The molecular weight excluding hydrogens is 304 g/mol. The molecule has 1 unspecified atom stereocenters. The van der Waals surface area contributed by atoms with E-state index in [1.807, 2.05) is 0 Å². The number of ketones is 2. The number of hydrogen-bond donors (Lipinski definition) is 2. The number of hydrogen-bond acceptors (Lipinski definition) is 4. The Labute approximate surface area is 148 Å². The zero-order chi connectivity index (χ0) is 18.4. The van der Waals surface area contributed by atoms with Crippen molar-refractivity contribution in [2.45, 2.75) is 116 Å². The third-order valence-corrected chi connectivity index (χ3v) is 4.53. The van der Waals surface area contributed by atoms with Crippen LogP contribution in [0.5, 0.6) is 0 Å². The third kappa shape index (κ3) is 9.53. The smallest absolute Gasteiger partial charge is 0.183 e. The topological polar surface area (TPSA) is 74.6 Å². The van der Waals surface area contributed by atoms with Gasteiger partial charge in [0, 0.05) is 19.3 Å². The van der Waals surface area contributed by atoms with Crippen LogP contribution < -0.4 is 0 Å². The van der Waals surface area contributed by atoms with Crippen LogP contribution in [-0.2, 0) is 9.59 Å². The van der Waals surface area contributed by atoms with Crippen LogP contribution in [0.4, 0.5) is 0 Å². The molecule has 0 aliphatic rings. The highest BCUT2D eigenvalue weighted by molar-refractivity contribution is 6.10. The molecule has 0 heterocycles. The number of rotatable bonds is 16. The van der Waals surface area contributed by atoms with E-state index in [9.17, 15) is 19.8 Å². The lowest BCUT2D eigenvalue weighted by Gasteiger charge is -2.26. The normalized spacial score (nSPS) is 13.0. The van der Waals surface area contributed by atoms with Crippen LogP contribution in [-0.4, -0.2) is 33.5 Å². The molecular formula is C20H38O4. The lowest BCUT2D eigenvalue weighted by Crippen LogP contribution is -2.48. The SMILES string of the molecule is CCCCCCCC(=O)C(O)(CC(C)O)C(=O)CCCCCCC. The van der Waals surface area contributed by atoms with E-state index >= 15 is 0 Å². The lowest BCUT2D eigenvalue weighted by atomic mass is 9.83. The van der Waals surface area contributed by atoms with E-state index in [0.29, 0.717) is 12.8 Å². The fourth-order valence-electron chi connectivity index (χ4n) is 3.00. The van der Waals surface area contributed by atoms with Crippen molar-refractivity contribution in [2.75, 3.05) is 0 Å². The molecule has 0 amide bonds. The molecule has 0 radical (unpaired) electrons. The van der Waals surface area contributed by atoms with Crippen molar-refractivity contribution in [2.24, 2.45) is 0 Å². The van der Waals surface area contributed by atoms with Gasteiger partial charge in [0.05, 0.1) is 6.10 Å². The highest BCUT2D eigenvalue weighted by Crippen LogP contribution is 2.23. The molecule has 2 N–H and O–H groups in total. The van der Waals surface area contributed by atoms with Crippen LogP contribution >= 0.6 is 0 Å². The molecule has 4 heteroatoms. The van der Waals surface area contributed by atoms with Crippen molar-refractivity contribution in [3.63, 3.8) is 0 Å². The van der Waals surface area contributed by atoms with E-state index in [0.717, 1.165) is 51.4 Å². The van der Waals surface area contributed by atoms with Crippen molar-refractivity contribution in [1.82, 2.24) is 0 Å². The summed E-state index contributed by atoms with van der Waals surface area (Å²) in [6.45, 7) is 5.77. The molecule has 0 fully saturated rings. The third-order valence-electron chi connectivity index (χ3n) is 4.53. The largest absolute Gasteiger partial charge is 0.393 e. The highest BCUT2D eigenvalue weighted by atomic mass is 16.3. The number of unbranched alkanes of at least 4 members (excludes halogenated alkanes) is 8.